The van der Waals surface area contributed by atoms with Gasteiger partial charge in [-0.3, -0.25) is 9.59 Å². The van der Waals surface area contributed by atoms with Gasteiger partial charge in [0.2, 0.25) is 0 Å². The van der Waals surface area contributed by atoms with Crippen molar-refractivity contribution in [2.24, 2.45) is 0 Å². The van der Waals surface area contributed by atoms with E-state index in [9.17, 15) is 9.59 Å². The lowest BCUT2D eigenvalue weighted by Crippen LogP contribution is -2.02. The lowest BCUT2D eigenvalue weighted by Gasteiger charge is -2.07. The first-order chi connectivity index (χ1) is 10.6. The molecule has 0 bridgehead atoms. The van der Waals surface area contributed by atoms with Crippen molar-refractivity contribution in [1.82, 2.24) is 0 Å². The lowest BCUT2D eigenvalue weighted by molar-refractivity contribution is -0.142. The van der Waals surface area contributed by atoms with Gasteiger partial charge in [0.05, 0.1) is 0 Å². The topological polar surface area (TPSA) is 52.6 Å². The second kappa shape index (κ2) is 7.41. The maximum absolute atomic E-state index is 11.1. The van der Waals surface area contributed by atoms with Crippen LogP contribution >= 0.6 is 0 Å². The van der Waals surface area contributed by atoms with E-state index in [0.717, 1.165) is 16.3 Å². The molecule has 22 heavy (non-hydrogen) atoms. The third-order valence-corrected chi connectivity index (χ3v) is 3.06. The fraction of sp³-hybridized carbons (Fsp3) is 0.222. The SMILES string of the molecule is CCC(=O)OCC=Cc1cc(OC(C)=O)cc2ccccc12. The van der Waals surface area contributed by atoms with Gasteiger partial charge in [0.25, 0.3) is 0 Å². The standard InChI is InChI=1S/C18H18O4/c1-3-18(20)21-10-6-8-15-12-16(22-13(2)19)11-14-7-4-5-9-17(14)15/h4-9,11-12H,3,10H2,1-2H3. The van der Waals surface area contributed by atoms with E-state index in [-0.39, 0.29) is 18.5 Å². The minimum atomic E-state index is -0.359. The van der Waals surface area contributed by atoms with Gasteiger partial charge in [0.15, 0.2) is 0 Å². The van der Waals surface area contributed by atoms with Crippen molar-refractivity contribution in [3.8, 4) is 5.75 Å². The molecule has 0 aliphatic rings. The van der Waals surface area contributed by atoms with Crippen molar-refractivity contribution >= 4 is 28.8 Å². The molecule has 0 heterocycles. The average Bonchev–Trinajstić information content (AvgIpc) is 2.50. The van der Waals surface area contributed by atoms with Gasteiger partial charge < -0.3 is 9.47 Å². The molecule has 0 N–H and O–H groups in total. The van der Waals surface area contributed by atoms with Crippen molar-refractivity contribution in [1.29, 1.82) is 0 Å². The van der Waals surface area contributed by atoms with Crippen molar-refractivity contribution in [3.05, 3.63) is 48.0 Å². The Balaban J connectivity index is 2.27. The third kappa shape index (κ3) is 4.19. The fourth-order valence-corrected chi connectivity index (χ4v) is 2.09. The highest BCUT2D eigenvalue weighted by Crippen LogP contribution is 2.26. The Hall–Kier alpha value is -2.62. The zero-order valence-corrected chi connectivity index (χ0v) is 12.7. The summed E-state index contributed by atoms with van der Waals surface area (Å²) in [6.45, 7) is 3.34. The summed E-state index contributed by atoms with van der Waals surface area (Å²) >= 11 is 0. The molecule has 0 unspecified atom stereocenters. The van der Waals surface area contributed by atoms with E-state index in [0.29, 0.717) is 12.2 Å². The molecule has 0 atom stereocenters. The van der Waals surface area contributed by atoms with Crippen LogP contribution in [0, 0.1) is 0 Å². The van der Waals surface area contributed by atoms with Gasteiger partial charge in [0, 0.05) is 13.3 Å². The lowest BCUT2D eigenvalue weighted by atomic mass is 10.0. The van der Waals surface area contributed by atoms with Crippen LogP contribution in [0.4, 0.5) is 0 Å². The number of esters is 2. The third-order valence-electron chi connectivity index (χ3n) is 3.06. The smallest absolute Gasteiger partial charge is 0.308 e. The maximum atomic E-state index is 11.1. The zero-order valence-electron chi connectivity index (χ0n) is 12.7. The average molecular weight is 298 g/mol. The van der Waals surface area contributed by atoms with Crippen LogP contribution in [-0.4, -0.2) is 18.5 Å². The van der Waals surface area contributed by atoms with E-state index in [1.54, 1.807) is 19.1 Å². The summed E-state index contributed by atoms with van der Waals surface area (Å²) in [7, 11) is 0. The van der Waals surface area contributed by atoms with Crippen LogP contribution in [0.3, 0.4) is 0 Å². The predicted octanol–water partition coefficient (Wildman–Crippen LogP) is 3.73. The molecular weight excluding hydrogens is 280 g/mol. The monoisotopic (exact) mass is 298 g/mol. The van der Waals surface area contributed by atoms with Crippen molar-refractivity contribution in [3.63, 3.8) is 0 Å². The molecule has 0 fully saturated rings. The second-order valence-corrected chi connectivity index (χ2v) is 4.77. The summed E-state index contributed by atoms with van der Waals surface area (Å²) in [5.74, 6) is -0.0957. The van der Waals surface area contributed by atoms with Gasteiger partial charge in [-0.15, -0.1) is 0 Å². The number of hydrogen-bond acceptors (Lipinski definition) is 4. The van der Waals surface area contributed by atoms with Gasteiger partial charge in [-0.05, 0) is 34.5 Å². The van der Waals surface area contributed by atoms with Crippen molar-refractivity contribution < 1.29 is 19.1 Å². The molecule has 0 amide bonds. The number of carbonyl (C=O) groups is 2. The van der Waals surface area contributed by atoms with Crippen LogP contribution in [0.5, 0.6) is 5.75 Å². The highest BCUT2D eigenvalue weighted by molar-refractivity contribution is 5.92. The van der Waals surface area contributed by atoms with Gasteiger partial charge in [-0.1, -0.05) is 37.3 Å². The molecule has 2 aromatic rings. The molecule has 0 saturated carbocycles. The Morgan fingerprint density at radius 3 is 2.68 bits per heavy atom. The van der Waals surface area contributed by atoms with Gasteiger partial charge >= 0.3 is 11.9 Å². The van der Waals surface area contributed by atoms with Gasteiger partial charge in [0.1, 0.15) is 12.4 Å². The van der Waals surface area contributed by atoms with Crippen LogP contribution in [0.2, 0.25) is 0 Å². The summed E-state index contributed by atoms with van der Waals surface area (Å²) in [4.78, 5) is 22.2. The first-order valence-corrected chi connectivity index (χ1v) is 7.13. The minimum Gasteiger partial charge on any atom is -0.461 e. The first kappa shape index (κ1) is 15.8. The molecule has 0 spiro atoms. The summed E-state index contributed by atoms with van der Waals surface area (Å²) in [5, 5.41) is 2.02. The van der Waals surface area contributed by atoms with Crippen LogP contribution in [0.1, 0.15) is 25.8 Å². The highest BCUT2D eigenvalue weighted by atomic mass is 16.5. The molecular formula is C18H18O4. The van der Waals surface area contributed by atoms with E-state index < -0.39 is 0 Å². The molecule has 0 saturated heterocycles. The maximum Gasteiger partial charge on any atom is 0.308 e. The molecule has 114 valence electrons. The molecule has 0 aromatic heterocycles. The summed E-state index contributed by atoms with van der Waals surface area (Å²) in [5.41, 5.74) is 0.905. The number of rotatable bonds is 5. The number of hydrogen-bond donors (Lipinski definition) is 0. The van der Waals surface area contributed by atoms with Gasteiger partial charge in [-0.25, -0.2) is 0 Å². The number of ether oxygens (including phenoxy) is 2. The quantitative estimate of drug-likeness (QED) is 0.623. The summed E-state index contributed by atoms with van der Waals surface area (Å²) < 4.78 is 10.2. The molecule has 2 aromatic carbocycles. The van der Waals surface area contributed by atoms with Gasteiger partial charge in [-0.2, -0.15) is 0 Å². The van der Waals surface area contributed by atoms with Crippen LogP contribution < -0.4 is 4.74 Å². The normalized spacial score (nSPS) is 10.8. The fourth-order valence-electron chi connectivity index (χ4n) is 2.09. The summed E-state index contributed by atoms with van der Waals surface area (Å²) in [6, 6.07) is 11.4. The number of fused-ring (bicyclic) bond motifs is 1. The number of benzene rings is 2. The Morgan fingerprint density at radius 2 is 1.95 bits per heavy atom. The van der Waals surface area contributed by atoms with Crippen molar-refractivity contribution in [2.75, 3.05) is 6.61 Å². The van der Waals surface area contributed by atoms with E-state index in [4.69, 9.17) is 9.47 Å². The Morgan fingerprint density at radius 1 is 1.18 bits per heavy atom. The Kier molecular flexibility index (Phi) is 5.31. The largest absolute Gasteiger partial charge is 0.461 e. The molecule has 4 nitrogen and oxygen atoms in total. The Bertz CT molecular complexity index is 716. The molecule has 0 aliphatic heterocycles. The molecule has 4 heteroatoms. The highest BCUT2D eigenvalue weighted by Gasteiger charge is 2.05. The van der Waals surface area contributed by atoms with E-state index >= 15 is 0 Å². The van der Waals surface area contributed by atoms with E-state index in [1.807, 2.05) is 36.4 Å². The summed E-state index contributed by atoms with van der Waals surface area (Å²) in [6.07, 6.45) is 3.99. The predicted molar refractivity (Wildman–Crippen MR) is 85.5 cm³/mol. The van der Waals surface area contributed by atoms with Crippen LogP contribution in [-0.2, 0) is 14.3 Å². The van der Waals surface area contributed by atoms with E-state index in [1.165, 1.54) is 6.92 Å². The first-order valence-electron chi connectivity index (χ1n) is 7.13. The Labute approximate surface area is 129 Å². The molecule has 2 rings (SSSR count). The minimum absolute atomic E-state index is 0.221. The van der Waals surface area contributed by atoms with Crippen LogP contribution in [0.15, 0.2) is 42.5 Å². The molecule has 0 radical (unpaired) electrons. The zero-order chi connectivity index (χ0) is 15.9. The van der Waals surface area contributed by atoms with Crippen molar-refractivity contribution in [2.45, 2.75) is 20.3 Å². The molecule has 0 aliphatic carbocycles. The number of carbonyl (C=O) groups excluding carboxylic acids is 2. The van der Waals surface area contributed by atoms with E-state index in [2.05, 4.69) is 0 Å². The van der Waals surface area contributed by atoms with Crippen LogP contribution in [0.25, 0.3) is 16.8 Å². The second-order valence-electron chi connectivity index (χ2n) is 4.77.